The second kappa shape index (κ2) is 20.6. The second-order valence-electron chi connectivity index (χ2n) is 12.6. The average Bonchev–Trinajstić information content (AvgIpc) is 3.52. The van der Waals surface area contributed by atoms with Crippen LogP contribution in [0.4, 0.5) is 17.1 Å². The summed E-state index contributed by atoms with van der Waals surface area (Å²) >= 11 is 0. The maximum atomic E-state index is 13.7. The summed E-state index contributed by atoms with van der Waals surface area (Å²) in [5, 5.41) is 8.42. The first-order chi connectivity index (χ1) is 25.0. The number of aldehydes is 1. The summed E-state index contributed by atoms with van der Waals surface area (Å²) in [6.07, 6.45) is 6.83. The van der Waals surface area contributed by atoms with Gasteiger partial charge in [0.15, 0.2) is 11.5 Å². The Hall–Kier alpha value is -5.20. The van der Waals surface area contributed by atoms with Gasteiger partial charge in [-0.15, -0.1) is 6.58 Å². The first-order valence-corrected chi connectivity index (χ1v) is 17.5. The molecule has 1 aliphatic heterocycles. The van der Waals surface area contributed by atoms with Crippen LogP contribution in [0, 0.1) is 0 Å². The molecule has 0 bridgehead atoms. The molecule has 1 heterocycles. The molecular weight excluding hydrogens is 662 g/mol. The van der Waals surface area contributed by atoms with Crippen LogP contribution in [0.25, 0.3) is 0 Å². The molecule has 12 heteroatoms. The van der Waals surface area contributed by atoms with Crippen LogP contribution in [0.2, 0.25) is 0 Å². The number of unbranched alkanes of at least 4 members (excludes halogenated alkanes) is 2. The quantitative estimate of drug-likeness (QED) is 0.0606. The fourth-order valence-corrected chi connectivity index (χ4v) is 5.63. The highest BCUT2D eigenvalue weighted by atomic mass is 16.5. The highest BCUT2D eigenvalue weighted by Crippen LogP contribution is 2.38. The first kappa shape index (κ1) is 41.2. The van der Waals surface area contributed by atoms with E-state index in [-0.39, 0.29) is 48.1 Å². The fourth-order valence-electron chi connectivity index (χ4n) is 5.63. The van der Waals surface area contributed by atoms with Gasteiger partial charge in [0.1, 0.15) is 12.9 Å². The molecule has 0 saturated carbocycles. The van der Waals surface area contributed by atoms with E-state index < -0.39 is 0 Å². The van der Waals surface area contributed by atoms with E-state index in [1.807, 2.05) is 42.5 Å². The van der Waals surface area contributed by atoms with Crippen molar-refractivity contribution < 1.29 is 33.4 Å². The number of likely N-dealkylation sites (N-methyl/N-ethyl adjacent to an activating group) is 1. The van der Waals surface area contributed by atoms with Crippen LogP contribution < -0.4 is 36.1 Å². The minimum Gasteiger partial charge on any atom is -0.493 e. The van der Waals surface area contributed by atoms with E-state index in [0.717, 1.165) is 47.9 Å². The molecule has 0 fully saturated rings. The van der Waals surface area contributed by atoms with Crippen molar-refractivity contribution in [2.45, 2.75) is 84.2 Å². The Kier molecular flexibility index (Phi) is 16.3. The summed E-state index contributed by atoms with van der Waals surface area (Å²) in [4.78, 5) is 49.0. The molecule has 280 valence electrons. The van der Waals surface area contributed by atoms with E-state index in [1.54, 1.807) is 51.1 Å². The molecule has 5 N–H and O–H groups in total. The number of hydrogen-bond donors (Lipinski definition) is 4. The van der Waals surface area contributed by atoms with Gasteiger partial charge in [0.25, 0.3) is 5.91 Å². The Morgan fingerprint density at radius 3 is 2.37 bits per heavy atom. The zero-order valence-electron chi connectivity index (χ0n) is 31.1. The average molecular weight is 716 g/mol. The van der Waals surface area contributed by atoms with Crippen LogP contribution >= 0.6 is 0 Å². The highest BCUT2D eigenvalue weighted by Gasteiger charge is 2.33. The lowest BCUT2D eigenvalue weighted by Gasteiger charge is -2.24. The molecule has 52 heavy (non-hydrogen) atoms. The molecule has 3 aromatic rings. The molecule has 3 atom stereocenters. The topological polar surface area (TPSA) is 161 Å². The number of nitrogens with two attached hydrogens (primary N) is 1. The van der Waals surface area contributed by atoms with E-state index in [1.165, 1.54) is 7.11 Å². The van der Waals surface area contributed by atoms with Crippen molar-refractivity contribution >= 4 is 41.1 Å². The minimum atomic E-state index is -0.352. The van der Waals surface area contributed by atoms with Gasteiger partial charge in [-0.1, -0.05) is 44.0 Å². The van der Waals surface area contributed by atoms with E-state index in [2.05, 4.69) is 29.5 Å². The van der Waals surface area contributed by atoms with Gasteiger partial charge in [0.05, 0.1) is 37.4 Å². The number of carbonyl (C=O) groups excluding carboxylic acids is 4. The van der Waals surface area contributed by atoms with Crippen LogP contribution in [0.3, 0.4) is 0 Å². The van der Waals surface area contributed by atoms with Gasteiger partial charge in [-0.2, -0.15) is 0 Å². The van der Waals surface area contributed by atoms with Crippen LogP contribution in [0.1, 0.15) is 73.5 Å². The zero-order chi connectivity index (χ0) is 38.2. The third-order valence-corrected chi connectivity index (χ3v) is 8.52. The number of methoxy groups -OCH3 is 2. The lowest BCUT2D eigenvalue weighted by Crippen LogP contribution is -2.36. The molecule has 2 unspecified atom stereocenters. The van der Waals surface area contributed by atoms with Crippen LogP contribution in [0.5, 0.6) is 11.5 Å². The minimum absolute atomic E-state index is 0.0250. The second-order valence-corrected chi connectivity index (χ2v) is 12.6. The molecule has 4 rings (SSSR count). The molecule has 0 aromatic heterocycles. The summed E-state index contributed by atoms with van der Waals surface area (Å²) < 4.78 is 17.0. The monoisotopic (exact) mass is 715 g/mol. The summed E-state index contributed by atoms with van der Waals surface area (Å²) in [5.74, 6) is 0.358. The number of amides is 3. The van der Waals surface area contributed by atoms with E-state index in [4.69, 9.17) is 19.9 Å². The SMILES string of the molecule is C=CC1Cc2ccccc2N1C(=O)c1cc(OC)c(OCc2cc(COC)cc(NC(=O)C(C)NC)c2)cc1N.CCCCCC(=O)N[C@@H](C)C=O. The van der Waals surface area contributed by atoms with Crippen molar-refractivity contribution in [2.24, 2.45) is 0 Å². The molecule has 3 aromatic carbocycles. The molecule has 3 amide bonds. The molecule has 0 saturated heterocycles. The van der Waals surface area contributed by atoms with Crippen molar-refractivity contribution in [2.75, 3.05) is 37.2 Å². The maximum absolute atomic E-state index is 13.7. The Balaban J connectivity index is 0.000000521. The number of benzene rings is 3. The molecule has 0 radical (unpaired) electrons. The summed E-state index contributed by atoms with van der Waals surface area (Å²) in [7, 11) is 4.85. The molecule has 1 aliphatic rings. The number of nitrogens with one attached hydrogen (secondary N) is 3. The summed E-state index contributed by atoms with van der Waals surface area (Å²) in [5.41, 5.74) is 11.2. The number of ether oxygens (including phenoxy) is 3. The third kappa shape index (κ3) is 11.4. The van der Waals surface area contributed by atoms with Crippen LogP contribution in [0.15, 0.2) is 67.3 Å². The summed E-state index contributed by atoms with van der Waals surface area (Å²) in [6.45, 7) is 10.0. The predicted octanol–water partition coefficient (Wildman–Crippen LogP) is 5.58. The number of nitrogens with zero attached hydrogens (tertiary/aromatic N) is 1. The van der Waals surface area contributed by atoms with Crippen molar-refractivity contribution in [3.05, 3.63) is 89.5 Å². The Bertz CT molecular complexity index is 1690. The number of fused-ring (bicyclic) bond motifs is 1. The molecule has 0 aliphatic carbocycles. The smallest absolute Gasteiger partial charge is 0.261 e. The largest absolute Gasteiger partial charge is 0.493 e. The van der Waals surface area contributed by atoms with Gasteiger partial charge in [-0.05, 0) is 80.8 Å². The Labute approximate surface area is 307 Å². The number of para-hydroxylation sites is 1. The van der Waals surface area contributed by atoms with Crippen molar-refractivity contribution in [1.82, 2.24) is 10.6 Å². The summed E-state index contributed by atoms with van der Waals surface area (Å²) in [6, 6.07) is 15.8. The van der Waals surface area contributed by atoms with Crippen LogP contribution in [-0.2, 0) is 38.8 Å². The fraction of sp³-hybridized carbons (Fsp3) is 0.400. The lowest BCUT2D eigenvalue weighted by molar-refractivity contribution is -0.123. The number of rotatable bonds is 17. The van der Waals surface area contributed by atoms with E-state index >= 15 is 0 Å². The maximum Gasteiger partial charge on any atom is 0.261 e. The number of hydrogen-bond acceptors (Lipinski definition) is 9. The predicted molar refractivity (Wildman–Crippen MR) is 205 cm³/mol. The highest BCUT2D eigenvalue weighted by molar-refractivity contribution is 6.11. The Morgan fingerprint density at radius 2 is 1.73 bits per heavy atom. The van der Waals surface area contributed by atoms with Crippen LogP contribution in [-0.4, -0.2) is 63.4 Å². The number of carbonyl (C=O) groups is 4. The third-order valence-electron chi connectivity index (χ3n) is 8.52. The molecule has 0 spiro atoms. The lowest BCUT2D eigenvalue weighted by atomic mass is 10.1. The van der Waals surface area contributed by atoms with Crippen molar-refractivity contribution in [3.8, 4) is 11.5 Å². The molecule has 12 nitrogen and oxygen atoms in total. The molecular formula is C40H53N5O7. The van der Waals surface area contributed by atoms with Crippen molar-refractivity contribution in [1.29, 1.82) is 0 Å². The van der Waals surface area contributed by atoms with Gasteiger partial charge in [-0.3, -0.25) is 14.4 Å². The zero-order valence-corrected chi connectivity index (χ0v) is 31.1. The van der Waals surface area contributed by atoms with E-state index in [0.29, 0.717) is 42.2 Å². The van der Waals surface area contributed by atoms with E-state index in [9.17, 15) is 19.2 Å². The van der Waals surface area contributed by atoms with Gasteiger partial charge in [0, 0.05) is 36.7 Å². The standard InChI is InChI=1S/C31H36N4O5.C9H17NO2/c1-6-24-14-22-9-7-8-10-27(22)35(24)31(37)25-15-28(39-5)29(16-26(25)32)40-18-21-11-20(17-38-4)12-23(13-21)34-30(36)19(2)33-3;1-3-4-5-6-9(12)10-8(2)7-11/h6-13,15-16,19,24,33H,1,14,17-18,32H2,2-5H3,(H,34,36);7-8H,3-6H2,1-2H3,(H,10,12)/t;8-/m.0/s1. The number of nitrogen functional groups attached to an aromatic ring is 1. The normalized spacial score (nSPS) is 14.2. The Morgan fingerprint density at radius 1 is 1.02 bits per heavy atom. The first-order valence-electron chi connectivity index (χ1n) is 17.5. The van der Waals surface area contributed by atoms with Gasteiger partial charge >= 0.3 is 0 Å². The van der Waals surface area contributed by atoms with Gasteiger partial charge in [-0.25, -0.2) is 0 Å². The van der Waals surface area contributed by atoms with Gasteiger partial charge < -0.3 is 45.6 Å². The van der Waals surface area contributed by atoms with Gasteiger partial charge in [0.2, 0.25) is 11.8 Å². The van der Waals surface area contributed by atoms with Crippen molar-refractivity contribution in [3.63, 3.8) is 0 Å². The number of anilines is 3.